The maximum atomic E-state index is 12.9. The number of hydrogen-bond donors (Lipinski definition) is 1. The molecule has 0 radical (unpaired) electrons. The first-order valence-corrected chi connectivity index (χ1v) is 10.0. The van der Waals surface area contributed by atoms with E-state index in [1.54, 1.807) is 26.4 Å². The molecule has 1 amide bonds. The molecule has 0 bridgehead atoms. The van der Waals surface area contributed by atoms with Gasteiger partial charge < -0.3 is 19.7 Å². The Labute approximate surface area is 179 Å². The van der Waals surface area contributed by atoms with E-state index in [0.29, 0.717) is 32.8 Å². The number of rotatable bonds is 6. The quantitative estimate of drug-likeness (QED) is 0.587. The first-order valence-electron chi connectivity index (χ1n) is 8.82. The van der Waals surface area contributed by atoms with Gasteiger partial charge in [0.05, 0.1) is 31.3 Å². The minimum absolute atomic E-state index is 0.225. The first kappa shape index (κ1) is 21.0. The van der Waals surface area contributed by atoms with Crippen molar-refractivity contribution in [2.75, 3.05) is 38.5 Å². The van der Waals surface area contributed by atoms with Crippen LogP contribution in [0.2, 0.25) is 5.02 Å². The van der Waals surface area contributed by atoms with E-state index in [4.69, 9.17) is 21.1 Å². The van der Waals surface area contributed by atoms with Crippen LogP contribution in [0.1, 0.15) is 15.4 Å². The fourth-order valence-electron chi connectivity index (χ4n) is 2.88. The van der Waals surface area contributed by atoms with Crippen LogP contribution in [0.4, 0.5) is 11.4 Å². The molecule has 29 heavy (non-hydrogen) atoms. The summed E-state index contributed by atoms with van der Waals surface area (Å²) in [5.41, 5.74) is 3.02. The third-order valence-corrected chi connectivity index (χ3v) is 5.76. The summed E-state index contributed by atoms with van der Waals surface area (Å²) in [6.45, 7) is 1.82. The van der Waals surface area contributed by atoms with E-state index in [1.165, 1.54) is 11.3 Å². The second-order valence-electron chi connectivity index (χ2n) is 6.51. The van der Waals surface area contributed by atoms with Gasteiger partial charge in [-0.15, -0.1) is 11.3 Å². The zero-order valence-corrected chi connectivity index (χ0v) is 18.4. The lowest BCUT2D eigenvalue weighted by Gasteiger charge is -2.18. The maximum Gasteiger partial charge on any atom is 0.267 e. The minimum Gasteiger partial charge on any atom is -0.493 e. The smallest absolute Gasteiger partial charge is 0.267 e. The fourth-order valence-corrected chi connectivity index (χ4v) is 4.01. The van der Waals surface area contributed by atoms with Crippen molar-refractivity contribution in [3.8, 4) is 22.1 Å². The summed E-state index contributed by atoms with van der Waals surface area (Å²) in [4.78, 5) is 20.0. The zero-order chi connectivity index (χ0) is 21.1. The number of carbonyl (C=O) groups excluding carboxylic acids is 1. The number of halogens is 1. The summed E-state index contributed by atoms with van der Waals surface area (Å²) in [7, 11) is 6.99. The summed E-state index contributed by atoms with van der Waals surface area (Å²) in [5, 5.41) is 4.24. The van der Waals surface area contributed by atoms with Crippen molar-refractivity contribution in [2.24, 2.45) is 0 Å². The second kappa shape index (κ2) is 8.71. The van der Waals surface area contributed by atoms with E-state index < -0.39 is 0 Å². The number of methoxy groups -OCH3 is 2. The van der Waals surface area contributed by atoms with Gasteiger partial charge in [-0.3, -0.25) is 4.79 Å². The van der Waals surface area contributed by atoms with Crippen molar-refractivity contribution in [3.63, 3.8) is 0 Å². The van der Waals surface area contributed by atoms with E-state index in [-0.39, 0.29) is 5.91 Å². The third-order valence-electron chi connectivity index (χ3n) is 4.32. The van der Waals surface area contributed by atoms with Crippen LogP contribution in [0.5, 0.6) is 11.5 Å². The summed E-state index contributed by atoms with van der Waals surface area (Å²) in [5.74, 6) is 1.02. The summed E-state index contributed by atoms with van der Waals surface area (Å²) < 4.78 is 10.6. The lowest BCUT2D eigenvalue weighted by Crippen LogP contribution is -2.16. The van der Waals surface area contributed by atoms with Crippen LogP contribution >= 0.6 is 22.9 Å². The van der Waals surface area contributed by atoms with Crippen LogP contribution in [0.25, 0.3) is 10.6 Å². The molecular formula is C21H22ClN3O3S. The second-order valence-corrected chi connectivity index (χ2v) is 7.95. The summed E-state index contributed by atoms with van der Waals surface area (Å²) >= 11 is 7.44. The van der Waals surface area contributed by atoms with Gasteiger partial charge in [-0.1, -0.05) is 11.6 Å². The average molecular weight is 432 g/mol. The maximum absolute atomic E-state index is 12.9. The van der Waals surface area contributed by atoms with Crippen LogP contribution in [-0.4, -0.2) is 39.2 Å². The Balaban J connectivity index is 1.91. The molecule has 0 fully saturated rings. The van der Waals surface area contributed by atoms with Crippen molar-refractivity contribution < 1.29 is 14.3 Å². The normalized spacial score (nSPS) is 10.6. The fraction of sp³-hybridized carbons (Fsp3) is 0.238. The number of nitrogens with one attached hydrogen (secondary N) is 1. The Morgan fingerprint density at radius 2 is 1.83 bits per heavy atom. The Kier molecular flexibility index (Phi) is 6.30. The van der Waals surface area contributed by atoms with Gasteiger partial charge in [0.25, 0.3) is 5.91 Å². The predicted molar refractivity (Wildman–Crippen MR) is 119 cm³/mol. The molecule has 2 aromatic carbocycles. The van der Waals surface area contributed by atoms with Gasteiger partial charge in [-0.2, -0.15) is 0 Å². The molecule has 8 heteroatoms. The molecule has 0 saturated heterocycles. The molecule has 152 valence electrons. The first-order chi connectivity index (χ1) is 13.8. The topological polar surface area (TPSA) is 63.7 Å². The molecule has 0 aliphatic rings. The molecule has 0 saturated carbocycles. The van der Waals surface area contributed by atoms with E-state index in [9.17, 15) is 4.79 Å². The summed E-state index contributed by atoms with van der Waals surface area (Å²) in [6, 6.07) is 11.0. The molecule has 0 aliphatic heterocycles. The molecule has 1 heterocycles. The number of carbonyl (C=O) groups is 1. The van der Waals surface area contributed by atoms with Crippen molar-refractivity contribution in [1.82, 2.24) is 4.98 Å². The van der Waals surface area contributed by atoms with Crippen molar-refractivity contribution in [1.29, 1.82) is 0 Å². The van der Waals surface area contributed by atoms with Crippen molar-refractivity contribution in [2.45, 2.75) is 6.92 Å². The highest BCUT2D eigenvalue weighted by Gasteiger charge is 2.19. The molecule has 0 unspecified atom stereocenters. The third kappa shape index (κ3) is 4.46. The van der Waals surface area contributed by atoms with Crippen LogP contribution in [0.15, 0.2) is 36.4 Å². The molecule has 6 nitrogen and oxygen atoms in total. The van der Waals surface area contributed by atoms with Gasteiger partial charge in [0.2, 0.25) is 0 Å². The number of anilines is 2. The van der Waals surface area contributed by atoms with E-state index in [2.05, 4.69) is 10.3 Å². The Morgan fingerprint density at radius 3 is 2.48 bits per heavy atom. The number of hydrogen-bond acceptors (Lipinski definition) is 6. The van der Waals surface area contributed by atoms with Gasteiger partial charge in [-0.25, -0.2) is 4.98 Å². The lowest BCUT2D eigenvalue weighted by atomic mass is 10.2. The molecule has 0 aliphatic carbocycles. The average Bonchev–Trinajstić information content (AvgIpc) is 3.09. The summed E-state index contributed by atoms with van der Waals surface area (Å²) in [6.07, 6.45) is 0. The lowest BCUT2D eigenvalue weighted by molar-refractivity contribution is 0.103. The van der Waals surface area contributed by atoms with Crippen LogP contribution in [0, 0.1) is 6.92 Å². The molecule has 0 atom stereocenters. The number of thiazole rings is 1. The number of aryl methyl sites for hydroxylation is 1. The molecule has 3 rings (SSSR count). The highest BCUT2D eigenvalue weighted by molar-refractivity contribution is 7.17. The molecule has 1 N–H and O–H groups in total. The zero-order valence-electron chi connectivity index (χ0n) is 16.9. The van der Waals surface area contributed by atoms with Gasteiger partial charge in [0.1, 0.15) is 9.88 Å². The Bertz CT molecular complexity index is 1050. The Hall–Kier alpha value is -2.77. The molecular weight excluding hydrogens is 410 g/mol. The van der Waals surface area contributed by atoms with Gasteiger partial charge in [0.15, 0.2) is 11.5 Å². The van der Waals surface area contributed by atoms with E-state index >= 15 is 0 Å². The predicted octanol–water partition coefficient (Wildman–Crippen LogP) is 5.11. The highest BCUT2D eigenvalue weighted by atomic mass is 35.5. The number of benzene rings is 2. The van der Waals surface area contributed by atoms with Crippen LogP contribution < -0.4 is 19.7 Å². The monoisotopic (exact) mass is 431 g/mol. The van der Waals surface area contributed by atoms with E-state index in [1.807, 2.05) is 50.2 Å². The van der Waals surface area contributed by atoms with Crippen LogP contribution in [-0.2, 0) is 0 Å². The molecule has 0 spiro atoms. The van der Waals surface area contributed by atoms with Crippen molar-refractivity contribution in [3.05, 3.63) is 52.0 Å². The number of ether oxygens (including phenoxy) is 2. The largest absolute Gasteiger partial charge is 0.493 e. The molecule has 1 aromatic heterocycles. The van der Waals surface area contributed by atoms with Gasteiger partial charge in [0, 0.05) is 24.7 Å². The standard InChI is InChI=1S/C21H22ClN3O3S/c1-12-19(20(26)24-15-11-14(22)7-8-16(15)25(2)3)29-21(23-12)13-6-9-17(27-4)18(10-13)28-5/h6-11H,1-5H3,(H,24,26). The Morgan fingerprint density at radius 1 is 1.10 bits per heavy atom. The van der Waals surface area contributed by atoms with Gasteiger partial charge >= 0.3 is 0 Å². The number of nitrogens with zero attached hydrogens (tertiary/aromatic N) is 2. The SMILES string of the molecule is COc1ccc(-c2nc(C)c(C(=O)Nc3cc(Cl)ccc3N(C)C)s2)cc1OC. The van der Waals surface area contributed by atoms with Crippen LogP contribution in [0.3, 0.4) is 0 Å². The number of aromatic nitrogens is 1. The number of amides is 1. The highest BCUT2D eigenvalue weighted by Crippen LogP contribution is 2.35. The minimum atomic E-state index is -0.225. The van der Waals surface area contributed by atoms with Crippen molar-refractivity contribution >= 4 is 40.2 Å². The van der Waals surface area contributed by atoms with E-state index in [0.717, 1.165) is 16.3 Å². The van der Waals surface area contributed by atoms with Gasteiger partial charge in [-0.05, 0) is 43.3 Å². The molecule has 3 aromatic rings.